The Hall–Kier alpha value is -2.99. The first kappa shape index (κ1) is 17.1. The molecule has 144 valence electrons. The molecular formula is C22H21NO5. The number of rotatable bonds is 2. The number of carbonyl (C=O) groups is 1. The van der Waals surface area contributed by atoms with E-state index in [9.17, 15) is 4.79 Å². The van der Waals surface area contributed by atoms with Crippen molar-refractivity contribution < 1.29 is 23.7 Å². The molecule has 0 spiro atoms. The molecule has 6 heteroatoms. The zero-order valence-electron chi connectivity index (χ0n) is 16.1. The minimum atomic E-state index is -0.102. The zero-order valence-corrected chi connectivity index (χ0v) is 16.1. The van der Waals surface area contributed by atoms with Gasteiger partial charge in [-0.3, -0.25) is 9.69 Å². The SMILES string of the molecule is Cc1cc2c(c3c1C(=O)/C(=C/c1ccc4c(c1)OCO4)O3)CN(C(C)C)CO2. The number of benzene rings is 2. The summed E-state index contributed by atoms with van der Waals surface area (Å²) in [7, 11) is 0. The van der Waals surface area contributed by atoms with Crippen LogP contribution < -0.4 is 18.9 Å². The highest BCUT2D eigenvalue weighted by molar-refractivity contribution is 6.15. The lowest BCUT2D eigenvalue weighted by Gasteiger charge is -2.32. The van der Waals surface area contributed by atoms with Gasteiger partial charge in [0.2, 0.25) is 12.6 Å². The smallest absolute Gasteiger partial charge is 0.232 e. The summed E-state index contributed by atoms with van der Waals surface area (Å²) in [5.41, 5.74) is 3.25. The van der Waals surface area contributed by atoms with E-state index in [0.717, 1.165) is 22.4 Å². The quantitative estimate of drug-likeness (QED) is 0.738. The van der Waals surface area contributed by atoms with Gasteiger partial charge in [-0.2, -0.15) is 0 Å². The molecule has 5 rings (SSSR count). The molecule has 0 N–H and O–H groups in total. The van der Waals surface area contributed by atoms with Gasteiger partial charge in [0.05, 0.1) is 11.1 Å². The van der Waals surface area contributed by atoms with Crippen LogP contribution in [0, 0.1) is 6.92 Å². The van der Waals surface area contributed by atoms with Gasteiger partial charge in [-0.05, 0) is 56.2 Å². The number of allylic oxidation sites excluding steroid dienone is 1. The van der Waals surface area contributed by atoms with Crippen molar-refractivity contribution in [3.8, 4) is 23.0 Å². The molecule has 0 aromatic heterocycles. The lowest BCUT2D eigenvalue weighted by molar-refractivity contribution is 0.0673. The Kier molecular flexibility index (Phi) is 3.84. The number of Topliss-reactive ketones (excluding diaryl/α,β-unsaturated/α-hetero) is 1. The van der Waals surface area contributed by atoms with Crippen LogP contribution in [0.3, 0.4) is 0 Å². The van der Waals surface area contributed by atoms with Gasteiger partial charge in [0.25, 0.3) is 0 Å². The molecule has 0 unspecified atom stereocenters. The molecule has 0 aliphatic carbocycles. The summed E-state index contributed by atoms with van der Waals surface area (Å²) in [6.07, 6.45) is 1.75. The Labute approximate surface area is 163 Å². The van der Waals surface area contributed by atoms with Crippen LogP contribution in [-0.2, 0) is 6.54 Å². The highest BCUT2D eigenvalue weighted by Crippen LogP contribution is 2.44. The first-order valence-electron chi connectivity index (χ1n) is 9.38. The summed E-state index contributed by atoms with van der Waals surface area (Å²) < 4.78 is 22.8. The molecule has 0 amide bonds. The van der Waals surface area contributed by atoms with Gasteiger partial charge in [0.15, 0.2) is 17.3 Å². The van der Waals surface area contributed by atoms with Gasteiger partial charge in [0.1, 0.15) is 18.2 Å². The normalized spacial score (nSPS) is 18.9. The molecule has 2 aromatic rings. The summed E-state index contributed by atoms with van der Waals surface area (Å²) in [6, 6.07) is 7.85. The molecule has 3 heterocycles. The van der Waals surface area contributed by atoms with Gasteiger partial charge in [-0.15, -0.1) is 0 Å². The second kappa shape index (κ2) is 6.27. The van der Waals surface area contributed by atoms with Crippen LogP contribution in [0.15, 0.2) is 30.0 Å². The molecule has 28 heavy (non-hydrogen) atoms. The third-order valence-corrected chi connectivity index (χ3v) is 5.38. The van der Waals surface area contributed by atoms with E-state index in [0.29, 0.717) is 47.9 Å². The molecule has 0 atom stereocenters. The zero-order chi connectivity index (χ0) is 19.4. The van der Waals surface area contributed by atoms with E-state index in [2.05, 4.69) is 18.7 Å². The summed E-state index contributed by atoms with van der Waals surface area (Å²) >= 11 is 0. The topological polar surface area (TPSA) is 57.2 Å². The van der Waals surface area contributed by atoms with Crippen LogP contribution in [0.25, 0.3) is 6.08 Å². The molecule has 2 aromatic carbocycles. The molecule has 3 aliphatic heterocycles. The second-order valence-corrected chi connectivity index (χ2v) is 7.54. The maximum atomic E-state index is 13.1. The van der Waals surface area contributed by atoms with Crippen LogP contribution in [-0.4, -0.2) is 30.2 Å². The van der Waals surface area contributed by atoms with E-state index in [1.165, 1.54) is 0 Å². The fourth-order valence-corrected chi connectivity index (χ4v) is 3.73. The monoisotopic (exact) mass is 379 g/mol. The van der Waals surface area contributed by atoms with Crippen molar-refractivity contribution in [2.75, 3.05) is 13.5 Å². The number of hydrogen-bond acceptors (Lipinski definition) is 6. The van der Waals surface area contributed by atoms with E-state index < -0.39 is 0 Å². The number of hydrogen-bond donors (Lipinski definition) is 0. The molecule has 0 saturated carbocycles. The van der Waals surface area contributed by atoms with Crippen molar-refractivity contribution in [2.24, 2.45) is 0 Å². The van der Waals surface area contributed by atoms with Crippen LogP contribution in [0.4, 0.5) is 0 Å². The lowest BCUT2D eigenvalue weighted by Crippen LogP contribution is -2.37. The molecule has 3 aliphatic rings. The number of fused-ring (bicyclic) bond motifs is 4. The molecular weight excluding hydrogens is 358 g/mol. The Bertz CT molecular complexity index is 1020. The van der Waals surface area contributed by atoms with Gasteiger partial charge in [-0.25, -0.2) is 0 Å². The van der Waals surface area contributed by atoms with Crippen LogP contribution >= 0.6 is 0 Å². The summed E-state index contributed by atoms with van der Waals surface area (Å²) in [6.45, 7) is 7.62. The standard InChI is InChI=1S/C22H21NO5/c1-12(2)23-9-15-17(25-10-23)6-13(3)20-21(24)19(28-22(15)20)8-14-4-5-16-18(7-14)27-11-26-16/h4-8,12H,9-11H2,1-3H3/b19-8-. The van der Waals surface area contributed by atoms with Crippen molar-refractivity contribution in [2.45, 2.75) is 33.4 Å². The Morgan fingerprint density at radius 3 is 2.71 bits per heavy atom. The minimum Gasteiger partial charge on any atom is -0.478 e. The van der Waals surface area contributed by atoms with E-state index in [1.807, 2.05) is 31.2 Å². The Morgan fingerprint density at radius 1 is 1.07 bits per heavy atom. The third kappa shape index (κ3) is 2.64. The third-order valence-electron chi connectivity index (χ3n) is 5.38. The average molecular weight is 379 g/mol. The van der Waals surface area contributed by atoms with Crippen LogP contribution in [0.1, 0.15) is 40.9 Å². The first-order valence-corrected chi connectivity index (χ1v) is 9.38. The Balaban J connectivity index is 1.53. The van der Waals surface area contributed by atoms with Crippen molar-refractivity contribution in [1.82, 2.24) is 4.90 Å². The fraction of sp³-hybridized carbons (Fsp3) is 0.318. The molecule has 0 fully saturated rings. The highest BCUT2D eigenvalue weighted by Gasteiger charge is 2.35. The summed E-state index contributed by atoms with van der Waals surface area (Å²) in [5.74, 6) is 3.01. The van der Waals surface area contributed by atoms with Gasteiger partial charge in [-0.1, -0.05) is 6.07 Å². The van der Waals surface area contributed by atoms with Crippen molar-refractivity contribution in [1.29, 1.82) is 0 Å². The van der Waals surface area contributed by atoms with E-state index >= 15 is 0 Å². The maximum Gasteiger partial charge on any atom is 0.232 e. The maximum absolute atomic E-state index is 13.1. The number of aryl methyl sites for hydroxylation is 1. The van der Waals surface area contributed by atoms with E-state index in [-0.39, 0.29) is 12.6 Å². The largest absolute Gasteiger partial charge is 0.478 e. The number of nitrogens with zero attached hydrogens (tertiary/aromatic N) is 1. The number of ketones is 1. The second-order valence-electron chi connectivity index (χ2n) is 7.54. The molecule has 6 nitrogen and oxygen atoms in total. The van der Waals surface area contributed by atoms with Gasteiger partial charge in [0, 0.05) is 12.6 Å². The number of ether oxygens (including phenoxy) is 4. The highest BCUT2D eigenvalue weighted by atomic mass is 16.7. The number of carbonyl (C=O) groups excluding carboxylic acids is 1. The van der Waals surface area contributed by atoms with E-state index in [4.69, 9.17) is 18.9 Å². The Morgan fingerprint density at radius 2 is 1.89 bits per heavy atom. The predicted molar refractivity (Wildman–Crippen MR) is 103 cm³/mol. The van der Waals surface area contributed by atoms with Crippen molar-refractivity contribution >= 4 is 11.9 Å². The van der Waals surface area contributed by atoms with Crippen LogP contribution in [0.2, 0.25) is 0 Å². The van der Waals surface area contributed by atoms with Crippen LogP contribution in [0.5, 0.6) is 23.0 Å². The molecule has 0 saturated heterocycles. The first-order chi connectivity index (χ1) is 13.5. The minimum absolute atomic E-state index is 0.102. The lowest BCUT2D eigenvalue weighted by atomic mass is 9.98. The fourth-order valence-electron chi connectivity index (χ4n) is 3.73. The summed E-state index contributed by atoms with van der Waals surface area (Å²) in [4.78, 5) is 15.3. The van der Waals surface area contributed by atoms with Crippen molar-refractivity contribution in [3.05, 3.63) is 52.3 Å². The summed E-state index contributed by atoms with van der Waals surface area (Å²) in [5, 5.41) is 0. The van der Waals surface area contributed by atoms with Crippen molar-refractivity contribution in [3.63, 3.8) is 0 Å². The van der Waals surface area contributed by atoms with Gasteiger partial charge < -0.3 is 18.9 Å². The average Bonchev–Trinajstić information content (AvgIpc) is 3.26. The predicted octanol–water partition coefficient (Wildman–Crippen LogP) is 3.90. The molecule has 0 bridgehead atoms. The van der Waals surface area contributed by atoms with E-state index in [1.54, 1.807) is 6.08 Å². The van der Waals surface area contributed by atoms with Gasteiger partial charge >= 0.3 is 0 Å². The molecule has 0 radical (unpaired) electrons.